The molecule has 0 bridgehead atoms. The fourth-order valence-electron chi connectivity index (χ4n) is 2.21. The van der Waals surface area contributed by atoms with E-state index in [2.05, 4.69) is 5.32 Å². The number of nitrogens with one attached hydrogen (secondary N) is 1. The van der Waals surface area contributed by atoms with E-state index in [1.54, 1.807) is 0 Å². The molecular weight excluding hydrogens is 275 g/mol. The number of halogens is 3. The Kier molecular flexibility index (Phi) is 3.37. The normalized spacial score (nSPS) is 18.4. The molecule has 1 saturated heterocycles. The van der Waals surface area contributed by atoms with Gasteiger partial charge in [-0.2, -0.15) is 13.2 Å². The number of rotatable bonds is 2. The highest BCUT2D eigenvalue weighted by atomic mass is 19.4. The maximum absolute atomic E-state index is 13.1. The first-order valence-corrected chi connectivity index (χ1v) is 5.96. The van der Waals surface area contributed by atoms with Crippen LogP contribution >= 0.6 is 0 Å². The second-order valence-corrected chi connectivity index (χ2v) is 5.37. The molecule has 110 valence electrons. The quantitative estimate of drug-likeness (QED) is 0.672. The molecular formula is C12H14F3N3O2. The van der Waals surface area contributed by atoms with Crippen molar-refractivity contribution in [1.29, 1.82) is 0 Å². The molecule has 0 aliphatic carbocycles. The van der Waals surface area contributed by atoms with E-state index in [4.69, 9.17) is 0 Å². The van der Waals surface area contributed by atoms with Crippen molar-refractivity contribution in [1.82, 2.24) is 5.32 Å². The molecule has 0 saturated carbocycles. The molecule has 0 unspecified atom stereocenters. The molecule has 0 atom stereocenters. The smallest absolute Gasteiger partial charge is 0.356 e. The van der Waals surface area contributed by atoms with Gasteiger partial charge in [0.05, 0.1) is 22.8 Å². The van der Waals surface area contributed by atoms with E-state index in [1.807, 2.05) is 13.8 Å². The highest BCUT2D eigenvalue weighted by molar-refractivity contribution is 5.60. The Balaban J connectivity index is 2.45. The van der Waals surface area contributed by atoms with Gasteiger partial charge in [-0.05, 0) is 19.9 Å². The van der Waals surface area contributed by atoms with Crippen LogP contribution in [0.25, 0.3) is 0 Å². The zero-order valence-corrected chi connectivity index (χ0v) is 11.0. The van der Waals surface area contributed by atoms with Gasteiger partial charge in [0.2, 0.25) is 0 Å². The van der Waals surface area contributed by atoms with Crippen LogP contribution in [0.15, 0.2) is 18.2 Å². The Morgan fingerprint density at radius 3 is 2.50 bits per heavy atom. The minimum Gasteiger partial charge on any atom is -0.356 e. The number of anilines is 1. The van der Waals surface area contributed by atoms with Gasteiger partial charge in [-0.1, -0.05) is 0 Å². The van der Waals surface area contributed by atoms with Gasteiger partial charge >= 0.3 is 6.18 Å². The number of non-ortho nitro benzene ring substituents is 1. The second kappa shape index (κ2) is 4.62. The van der Waals surface area contributed by atoms with Gasteiger partial charge in [0, 0.05) is 24.2 Å². The lowest BCUT2D eigenvalue weighted by Gasteiger charge is -2.23. The van der Waals surface area contributed by atoms with Gasteiger partial charge in [-0.3, -0.25) is 15.4 Å². The summed E-state index contributed by atoms with van der Waals surface area (Å²) in [4.78, 5) is 11.3. The summed E-state index contributed by atoms with van der Waals surface area (Å²) in [7, 11) is 0. The fraction of sp³-hybridized carbons (Fsp3) is 0.500. The molecule has 0 amide bonds. The van der Waals surface area contributed by atoms with Gasteiger partial charge in [-0.15, -0.1) is 0 Å². The molecule has 1 fully saturated rings. The number of nitrogens with zero attached hydrogens (tertiary/aromatic N) is 2. The lowest BCUT2D eigenvalue weighted by Crippen LogP contribution is -2.35. The van der Waals surface area contributed by atoms with E-state index in [0.717, 1.165) is 12.1 Å². The Morgan fingerprint density at radius 2 is 2.05 bits per heavy atom. The molecule has 1 aromatic carbocycles. The molecule has 8 heteroatoms. The molecule has 1 aromatic rings. The second-order valence-electron chi connectivity index (χ2n) is 5.37. The van der Waals surface area contributed by atoms with Crippen LogP contribution in [-0.2, 0) is 6.18 Å². The molecule has 1 aliphatic heterocycles. The third-order valence-electron chi connectivity index (χ3n) is 3.17. The van der Waals surface area contributed by atoms with Crippen LogP contribution in [0.4, 0.5) is 24.5 Å². The molecule has 5 nitrogen and oxygen atoms in total. The Morgan fingerprint density at radius 1 is 1.40 bits per heavy atom. The van der Waals surface area contributed by atoms with Crippen molar-refractivity contribution in [2.75, 3.05) is 18.1 Å². The molecule has 1 heterocycles. The summed E-state index contributed by atoms with van der Waals surface area (Å²) >= 11 is 0. The molecule has 0 aromatic heterocycles. The number of alkyl halides is 3. The van der Waals surface area contributed by atoms with E-state index < -0.39 is 22.4 Å². The highest BCUT2D eigenvalue weighted by Gasteiger charge is 2.39. The van der Waals surface area contributed by atoms with Crippen LogP contribution in [0.3, 0.4) is 0 Å². The summed E-state index contributed by atoms with van der Waals surface area (Å²) in [5, 5.41) is 13.7. The summed E-state index contributed by atoms with van der Waals surface area (Å²) in [6, 6.07) is 2.83. The average molecular weight is 289 g/mol. The van der Waals surface area contributed by atoms with E-state index in [0.29, 0.717) is 12.6 Å². The van der Waals surface area contributed by atoms with Crippen LogP contribution in [0, 0.1) is 10.1 Å². The van der Waals surface area contributed by atoms with Crippen LogP contribution < -0.4 is 10.2 Å². The van der Waals surface area contributed by atoms with Crippen molar-refractivity contribution in [2.24, 2.45) is 0 Å². The average Bonchev–Trinajstić information content (AvgIpc) is 2.67. The zero-order chi connectivity index (χ0) is 15.1. The van der Waals surface area contributed by atoms with Crippen molar-refractivity contribution < 1.29 is 18.1 Å². The van der Waals surface area contributed by atoms with Crippen molar-refractivity contribution in [2.45, 2.75) is 25.6 Å². The van der Waals surface area contributed by atoms with E-state index in [-0.39, 0.29) is 17.9 Å². The largest absolute Gasteiger partial charge is 0.418 e. The Labute approximate surface area is 113 Å². The van der Waals surface area contributed by atoms with Gasteiger partial charge in [0.15, 0.2) is 0 Å². The first kappa shape index (κ1) is 14.6. The van der Waals surface area contributed by atoms with Gasteiger partial charge in [0.1, 0.15) is 0 Å². The summed E-state index contributed by atoms with van der Waals surface area (Å²) in [5.41, 5.74) is -1.88. The first-order chi connectivity index (χ1) is 9.10. The van der Waals surface area contributed by atoms with Crippen molar-refractivity contribution >= 4 is 11.4 Å². The number of hydrogen-bond acceptors (Lipinski definition) is 4. The van der Waals surface area contributed by atoms with Crippen molar-refractivity contribution in [3.8, 4) is 0 Å². The molecule has 1 N–H and O–H groups in total. The minimum absolute atomic E-state index is 0.0406. The number of hydrogen-bond donors (Lipinski definition) is 1. The summed E-state index contributed by atoms with van der Waals surface area (Å²) in [6.07, 6.45) is -4.63. The minimum atomic E-state index is -4.63. The Hall–Kier alpha value is -1.83. The maximum atomic E-state index is 13.1. The third kappa shape index (κ3) is 2.84. The summed E-state index contributed by atoms with van der Waals surface area (Å²) in [6.45, 7) is 4.43. The summed E-state index contributed by atoms with van der Waals surface area (Å²) < 4.78 is 39.2. The molecule has 20 heavy (non-hydrogen) atoms. The predicted molar refractivity (Wildman–Crippen MR) is 67.5 cm³/mol. The zero-order valence-electron chi connectivity index (χ0n) is 11.0. The van der Waals surface area contributed by atoms with Crippen molar-refractivity contribution in [3.63, 3.8) is 0 Å². The topological polar surface area (TPSA) is 58.4 Å². The van der Waals surface area contributed by atoms with Gasteiger partial charge < -0.3 is 4.90 Å². The predicted octanol–water partition coefficient (Wildman–Crippen LogP) is 2.76. The first-order valence-electron chi connectivity index (χ1n) is 5.96. The standard InChI is InChI=1S/C12H14F3N3O2/c1-11(2)6-17(7-16-11)10-4-3-8(18(19)20)5-9(10)12(13,14)15/h3-5,16H,6-7H2,1-2H3. The molecule has 0 radical (unpaired) electrons. The maximum Gasteiger partial charge on any atom is 0.418 e. The van der Waals surface area contributed by atoms with Crippen molar-refractivity contribution in [3.05, 3.63) is 33.9 Å². The lowest BCUT2D eigenvalue weighted by atomic mass is 10.1. The molecule has 0 spiro atoms. The lowest BCUT2D eigenvalue weighted by molar-refractivity contribution is -0.385. The van der Waals surface area contributed by atoms with Crippen LogP contribution in [-0.4, -0.2) is 23.7 Å². The number of benzene rings is 1. The SMILES string of the molecule is CC1(C)CN(c2ccc([N+](=O)[O-])cc2C(F)(F)F)CN1. The van der Waals surface area contributed by atoms with Gasteiger partial charge in [-0.25, -0.2) is 0 Å². The highest BCUT2D eigenvalue weighted by Crippen LogP contribution is 2.39. The third-order valence-corrected chi connectivity index (χ3v) is 3.17. The molecule has 2 rings (SSSR count). The van der Waals surface area contributed by atoms with E-state index in [1.165, 1.54) is 4.90 Å². The Bertz CT molecular complexity index is 543. The number of nitro groups is 1. The van der Waals surface area contributed by atoms with Crippen LogP contribution in [0.1, 0.15) is 19.4 Å². The fourth-order valence-corrected chi connectivity index (χ4v) is 2.21. The summed E-state index contributed by atoms with van der Waals surface area (Å²) in [5.74, 6) is 0. The number of nitro benzene ring substituents is 1. The molecule has 1 aliphatic rings. The monoisotopic (exact) mass is 289 g/mol. The van der Waals surface area contributed by atoms with Crippen LogP contribution in [0.2, 0.25) is 0 Å². The van der Waals surface area contributed by atoms with E-state index in [9.17, 15) is 23.3 Å². The van der Waals surface area contributed by atoms with Gasteiger partial charge in [0.25, 0.3) is 5.69 Å². The van der Waals surface area contributed by atoms with Crippen LogP contribution in [0.5, 0.6) is 0 Å². The van der Waals surface area contributed by atoms with E-state index >= 15 is 0 Å².